The van der Waals surface area contributed by atoms with Crippen LogP contribution < -0.4 is 10.9 Å². The maximum atomic E-state index is 11.6. The highest BCUT2D eigenvalue weighted by Crippen LogP contribution is 2.12. The van der Waals surface area contributed by atoms with Crippen molar-refractivity contribution in [3.05, 3.63) is 23.0 Å². The fraction of sp³-hybridized carbons (Fsp3) is 0.333. The molecule has 2 amide bonds. The maximum Gasteiger partial charge on any atom is 0.286 e. The van der Waals surface area contributed by atoms with E-state index in [1.165, 1.54) is 17.8 Å². The van der Waals surface area contributed by atoms with Crippen LogP contribution in [0.4, 0.5) is 0 Å². The van der Waals surface area contributed by atoms with Crippen molar-refractivity contribution in [2.75, 3.05) is 12.0 Å². The first-order valence-corrected chi connectivity index (χ1v) is 6.21. The van der Waals surface area contributed by atoms with Gasteiger partial charge in [0.15, 0.2) is 0 Å². The maximum absolute atomic E-state index is 11.6. The summed E-state index contributed by atoms with van der Waals surface area (Å²) >= 11 is 7.11. The molecule has 0 aliphatic carbocycles. The number of hydrazine groups is 1. The molecule has 1 aromatic heterocycles. The minimum Gasteiger partial charge on any atom is -0.345 e. The van der Waals surface area contributed by atoms with E-state index < -0.39 is 5.91 Å². The van der Waals surface area contributed by atoms with Crippen LogP contribution in [-0.2, 0) is 11.8 Å². The van der Waals surface area contributed by atoms with Gasteiger partial charge in [0.1, 0.15) is 5.69 Å². The van der Waals surface area contributed by atoms with Crippen LogP contribution in [-0.4, -0.2) is 28.4 Å². The molecule has 0 radical (unpaired) electrons. The molecule has 0 saturated heterocycles. The van der Waals surface area contributed by atoms with Gasteiger partial charge >= 0.3 is 0 Å². The number of carbonyl (C=O) groups is 2. The van der Waals surface area contributed by atoms with Crippen molar-refractivity contribution in [2.45, 2.75) is 0 Å². The molecule has 0 fully saturated rings. The van der Waals surface area contributed by atoms with E-state index in [0.717, 1.165) is 0 Å². The molecule has 0 atom stereocenters. The molecule has 0 aliphatic heterocycles. The first-order chi connectivity index (χ1) is 7.54. The van der Waals surface area contributed by atoms with Crippen LogP contribution in [0, 0.1) is 0 Å². The van der Waals surface area contributed by atoms with E-state index in [9.17, 15) is 9.59 Å². The first kappa shape index (κ1) is 12.9. The van der Waals surface area contributed by atoms with Crippen LogP contribution in [0.3, 0.4) is 0 Å². The third-order valence-corrected chi connectivity index (χ3v) is 2.55. The molecule has 0 bridgehead atoms. The lowest BCUT2D eigenvalue weighted by molar-refractivity contribution is -0.119. The average molecular weight is 262 g/mol. The molecule has 0 spiro atoms. The predicted molar refractivity (Wildman–Crippen MR) is 64.4 cm³/mol. The Bertz CT molecular complexity index is 405. The van der Waals surface area contributed by atoms with Crippen LogP contribution >= 0.6 is 23.4 Å². The van der Waals surface area contributed by atoms with Gasteiger partial charge in [0.2, 0.25) is 5.91 Å². The number of amides is 2. The molecule has 2 N–H and O–H groups in total. The predicted octanol–water partition coefficient (Wildman–Crippen LogP) is 0.802. The standard InChI is InChI=1S/C9H12ClN3O2S/c1-13-4-6(10)3-7(13)9(15)12-11-8(14)5-16-2/h3-4H,5H2,1-2H3,(H,11,14)(H,12,15). The summed E-state index contributed by atoms with van der Waals surface area (Å²) in [5.74, 6) is -0.348. The van der Waals surface area contributed by atoms with Gasteiger partial charge in [0.25, 0.3) is 5.91 Å². The highest BCUT2D eigenvalue weighted by molar-refractivity contribution is 7.99. The van der Waals surface area contributed by atoms with Gasteiger partial charge in [-0.05, 0) is 12.3 Å². The number of nitrogens with zero attached hydrogens (tertiary/aromatic N) is 1. The van der Waals surface area contributed by atoms with E-state index in [2.05, 4.69) is 10.9 Å². The molecule has 7 heteroatoms. The quantitative estimate of drug-likeness (QED) is 0.792. The summed E-state index contributed by atoms with van der Waals surface area (Å²) in [6.07, 6.45) is 3.42. The fourth-order valence-electron chi connectivity index (χ4n) is 1.11. The van der Waals surface area contributed by atoms with Crippen LogP contribution in [0.5, 0.6) is 0 Å². The Hall–Kier alpha value is -1.14. The zero-order chi connectivity index (χ0) is 12.1. The Morgan fingerprint density at radius 3 is 2.69 bits per heavy atom. The smallest absolute Gasteiger partial charge is 0.286 e. The second kappa shape index (κ2) is 5.81. The summed E-state index contributed by atoms with van der Waals surface area (Å²) in [4.78, 5) is 22.7. The van der Waals surface area contributed by atoms with Gasteiger partial charge in [-0.15, -0.1) is 0 Å². The zero-order valence-electron chi connectivity index (χ0n) is 8.91. The molecule has 88 valence electrons. The van der Waals surface area contributed by atoms with Crippen LogP contribution in [0.1, 0.15) is 10.5 Å². The Morgan fingerprint density at radius 2 is 2.19 bits per heavy atom. The second-order valence-electron chi connectivity index (χ2n) is 3.09. The molecule has 16 heavy (non-hydrogen) atoms. The van der Waals surface area contributed by atoms with E-state index in [4.69, 9.17) is 11.6 Å². The van der Waals surface area contributed by atoms with Gasteiger partial charge in [-0.3, -0.25) is 20.4 Å². The molecule has 0 unspecified atom stereocenters. The molecule has 1 heterocycles. The van der Waals surface area contributed by atoms with Crippen molar-refractivity contribution in [3.63, 3.8) is 0 Å². The number of aryl methyl sites for hydroxylation is 1. The van der Waals surface area contributed by atoms with Gasteiger partial charge < -0.3 is 4.57 Å². The highest BCUT2D eigenvalue weighted by Gasteiger charge is 2.11. The number of nitrogens with one attached hydrogen (secondary N) is 2. The van der Waals surface area contributed by atoms with E-state index in [0.29, 0.717) is 16.5 Å². The van der Waals surface area contributed by atoms with Crippen molar-refractivity contribution in [3.8, 4) is 0 Å². The van der Waals surface area contributed by atoms with Crippen molar-refractivity contribution < 1.29 is 9.59 Å². The third kappa shape index (κ3) is 3.46. The number of carbonyl (C=O) groups excluding carboxylic acids is 2. The molecule has 0 saturated carbocycles. The summed E-state index contributed by atoms with van der Waals surface area (Å²) in [5, 5.41) is 0.475. The molecule has 0 aliphatic rings. The van der Waals surface area contributed by atoms with Gasteiger partial charge in [-0.1, -0.05) is 11.6 Å². The third-order valence-electron chi connectivity index (χ3n) is 1.80. The van der Waals surface area contributed by atoms with Crippen molar-refractivity contribution in [1.29, 1.82) is 0 Å². The lowest BCUT2D eigenvalue weighted by Crippen LogP contribution is -2.43. The van der Waals surface area contributed by atoms with Gasteiger partial charge in [-0.25, -0.2) is 0 Å². The normalized spacial score (nSPS) is 9.94. The Labute approximate surface area is 102 Å². The zero-order valence-corrected chi connectivity index (χ0v) is 10.5. The topological polar surface area (TPSA) is 63.1 Å². The van der Waals surface area contributed by atoms with Crippen molar-refractivity contribution in [1.82, 2.24) is 15.4 Å². The highest BCUT2D eigenvalue weighted by atomic mass is 35.5. The summed E-state index contributed by atoms with van der Waals surface area (Å²) in [7, 11) is 1.70. The minimum absolute atomic E-state index is 0.249. The number of hydrogen-bond donors (Lipinski definition) is 2. The summed E-state index contributed by atoms with van der Waals surface area (Å²) in [6.45, 7) is 0. The molecule has 1 rings (SSSR count). The molecule has 0 aromatic carbocycles. The van der Waals surface area contributed by atoms with Crippen molar-refractivity contribution in [2.24, 2.45) is 7.05 Å². The lowest BCUT2D eigenvalue weighted by Gasteiger charge is -2.06. The van der Waals surface area contributed by atoms with Crippen LogP contribution in [0.15, 0.2) is 12.3 Å². The van der Waals surface area contributed by atoms with E-state index >= 15 is 0 Å². The molecular formula is C9H12ClN3O2S. The van der Waals surface area contributed by atoms with E-state index in [1.54, 1.807) is 24.1 Å². The summed E-state index contributed by atoms with van der Waals surface area (Å²) in [5.41, 5.74) is 4.99. The number of rotatable bonds is 3. The lowest BCUT2D eigenvalue weighted by atomic mass is 10.4. The number of aromatic nitrogens is 1. The van der Waals surface area contributed by atoms with Crippen LogP contribution in [0.2, 0.25) is 5.02 Å². The minimum atomic E-state index is -0.399. The number of thioether (sulfide) groups is 1. The molecular weight excluding hydrogens is 250 g/mol. The van der Waals surface area contributed by atoms with E-state index in [1.807, 2.05) is 0 Å². The SMILES string of the molecule is CSCC(=O)NNC(=O)c1cc(Cl)cn1C. The largest absolute Gasteiger partial charge is 0.345 e. The van der Waals surface area contributed by atoms with Gasteiger partial charge in [0.05, 0.1) is 10.8 Å². The fourth-order valence-corrected chi connectivity index (χ4v) is 1.69. The van der Waals surface area contributed by atoms with E-state index in [-0.39, 0.29) is 5.91 Å². The average Bonchev–Trinajstić information content (AvgIpc) is 2.55. The summed E-state index contributed by atoms with van der Waals surface area (Å²) < 4.78 is 1.58. The molecule has 1 aromatic rings. The Kier molecular flexibility index (Phi) is 4.70. The van der Waals surface area contributed by atoms with Crippen LogP contribution in [0.25, 0.3) is 0 Å². The Morgan fingerprint density at radius 1 is 1.50 bits per heavy atom. The van der Waals surface area contributed by atoms with Gasteiger partial charge in [-0.2, -0.15) is 11.8 Å². The number of hydrogen-bond acceptors (Lipinski definition) is 3. The number of halogens is 1. The van der Waals surface area contributed by atoms with Gasteiger partial charge in [0, 0.05) is 13.2 Å². The molecule has 5 nitrogen and oxygen atoms in total. The monoisotopic (exact) mass is 261 g/mol. The second-order valence-corrected chi connectivity index (χ2v) is 4.39. The summed E-state index contributed by atoms with van der Waals surface area (Å²) in [6, 6.07) is 1.53. The Balaban J connectivity index is 2.53. The van der Waals surface area contributed by atoms with Crippen molar-refractivity contribution >= 4 is 35.2 Å². The first-order valence-electron chi connectivity index (χ1n) is 4.44.